The van der Waals surface area contributed by atoms with Gasteiger partial charge in [0.2, 0.25) is 5.91 Å². The van der Waals surface area contributed by atoms with Gasteiger partial charge in [-0.05, 0) is 62.2 Å². The highest BCUT2D eigenvalue weighted by molar-refractivity contribution is 5.88. The molecule has 4 rings (SSSR count). The highest BCUT2D eigenvalue weighted by Crippen LogP contribution is 2.36. The van der Waals surface area contributed by atoms with Gasteiger partial charge in [-0.15, -0.1) is 0 Å². The third kappa shape index (κ3) is 7.36. The summed E-state index contributed by atoms with van der Waals surface area (Å²) in [6.07, 6.45) is 4.28. The molecule has 7 heteroatoms. The molecule has 1 heterocycles. The number of carbonyl (C=O) groups excluding carboxylic acids is 1. The zero-order chi connectivity index (χ0) is 28.5. The lowest BCUT2D eigenvalue weighted by Crippen LogP contribution is -2.34. The van der Waals surface area contributed by atoms with Gasteiger partial charge in [0.25, 0.3) is 5.69 Å². The van der Waals surface area contributed by atoms with E-state index in [9.17, 15) is 14.9 Å². The number of hydrogen-bond acceptors (Lipinski definition) is 4. The predicted molar refractivity (Wildman–Crippen MR) is 162 cm³/mol. The van der Waals surface area contributed by atoms with Crippen LogP contribution in [0.15, 0.2) is 85.1 Å². The van der Waals surface area contributed by atoms with Crippen molar-refractivity contribution in [3.05, 3.63) is 112 Å². The number of non-ortho nitro benzene ring substituents is 1. The first kappa shape index (κ1) is 29.0. The normalized spacial score (nSPS) is 12.9. The van der Waals surface area contributed by atoms with E-state index < -0.39 is 0 Å². The van der Waals surface area contributed by atoms with Crippen LogP contribution < -0.4 is 5.32 Å². The number of nitro groups is 1. The monoisotopic (exact) mass is 540 g/mol. The summed E-state index contributed by atoms with van der Waals surface area (Å²) in [6, 6.07) is 25.2. The van der Waals surface area contributed by atoms with Crippen molar-refractivity contribution in [3.63, 3.8) is 0 Å². The number of carbonyl (C=O) groups is 1. The van der Waals surface area contributed by atoms with Gasteiger partial charge in [-0.1, -0.05) is 74.5 Å². The highest BCUT2D eigenvalue weighted by atomic mass is 16.6. The molecule has 1 N–H and O–H groups in total. The molecule has 0 saturated heterocycles. The van der Waals surface area contributed by atoms with Crippen molar-refractivity contribution in [2.45, 2.75) is 58.5 Å². The van der Waals surface area contributed by atoms with Crippen molar-refractivity contribution in [1.29, 1.82) is 0 Å². The van der Waals surface area contributed by atoms with Gasteiger partial charge in [0.15, 0.2) is 0 Å². The molecule has 0 unspecified atom stereocenters. The van der Waals surface area contributed by atoms with Gasteiger partial charge < -0.3 is 14.8 Å². The SMILES string of the molecule is CCN(CC)CCC[C@H](C)NC(=O)C[C@H](c1ccccc1)c1cn(Cc2ccccc2)c2ccc([N+](=O)[O-])cc12. The van der Waals surface area contributed by atoms with E-state index in [4.69, 9.17) is 0 Å². The Morgan fingerprint density at radius 3 is 2.33 bits per heavy atom. The van der Waals surface area contributed by atoms with Crippen LogP contribution in [0.25, 0.3) is 10.9 Å². The van der Waals surface area contributed by atoms with Crippen LogP contribution >= 0.6 is 0 Å². The summed E-state index contributed by atoms with van der Waals surface area (Å²) in [6.45, 7) is 10.1. The van der Waals surface area contributed by atoms with Gasteiger partial charge >= 0.3 is 0 Å². The predicted octanol–water partition coefficient (Wildman–Crippen LogP) is 6.75. The number of amides is 1. The van der Waals surface area contributed by atoms with Gasteiger partial charge in [-0.3, -0.25) is 14.9 Å². The molecular formula is C33H40N4O3. The first-order valence-corrected chi connectivity index (χ1v) is 14.3. The lowest BCUT2D eigenvalue weighted by atomic mass is 9.88. The summed E-state index contributed by atoms with van der Waals surface area (Å²) >= 11 is 0. The topological polar surface area (TPSA) is 80.4 Å². The fraction of sp³-hybridized carbons (Fsp3) is 0.364. The standard InChI is InChI=1S/C33H40N4O3/c1-4-35(5-2)20-12-13-25(3)34-33(38)22-29(27-16-10-7-11-17-27)31-24-36(23-26-14-8-6-9-15-26)32-19-18-28(37(39)40)21-30(31)32/h6-11,14-19,21,24-25,29H,4-5,12-13,20,22-23H2,1-3H3,(H,34,38)/t25-,29+/m0/s1. The number of fused-ring (bicyclic) bond motifs is 1. The third-order valence-corrected chi connectivity index (χ3v) is 7.68. The Morgan fingerprint density at radius 1 is 1.00 bits per heavy atom. The van der Waals surface area contributed by atoms with Gasteiger partial charge in [0.05, 0.1) is 4.92 Å². The van der Waals surface area contributed by atoms with Crippen molar-refractivity contribution in [2.75, 3.05) is 19.6 Å². The van der Waals surface area contributed by atoms with Crippen molar-refractivity contribution in [1.82, 2.24) is 14.8 Å². The zero-order valence-corrected chi connectivity index (χ0v) is 23.8. The van der Waals surface area contributed by atoms with E-state index >= 15 is 0 Å². The molecule has 0 bridgehead atoms. The minimum Gasteiger partial charge on any atom is -0.354 e. The summed E-state index contributed by atoms with van der Waals surface area (Å²) in [5.41, 5.74) is 4.03. The van der Waals surface area contributed by atoms with Crippen LogP contribution in [0.3, 0.4) is 0 Å². The Morgan fingerprint density at radius 2 is 1.68 bits per heavy atom. The van der Waals surface area contributed by atoms with E-state index in [0.717, 1.165) is 60.1 Å². The minimum absolute atomic E-state index is 0.0152. The van der Waals surface area contributed by atoms with E-state index in [-0.39, 0.29) is 34.9 Å². The number of benzene rings is 3. The Bertz CT molecular complexity index is 1400. The Balaban J connectivity index is 1.64. The van der Waals surface area contributed by atoms with Gasteiger partial charge in [-0.25, -0.2) is 0 Å². The van der Waals surface area contributed by atoms with Crippen molar-refractivity contribution >= 4 is 22.5 Å². The first-order chi connectivity index (χ1) is 19.4. The zero-order valence-electron chi connectivity index (χ0n) is 23.8. The van der Waals surface area contributed by atoms with Crippen LogP contribution in [0.1, 0.15) is 62.6 Å². The highest BCUT2D eigenvalue weighted by Gasteiger charge is 2.25. The summed E-state index contributed by atoms with van der Waals surface area (Å²) in [4.78, 5) is 27.1. The van der Waals surface area contributed by atoms with E-state index in [1.165, 1.54) is 0 Å². The molecule has 0 fully saturated rings. The van der Waals surface area contributed by atoms with E-state index in [1.54, 1.807) is 12.1 Å². The second kappa shape index (κ2) is 13.9. The number of nitrogens with zero attached hydrogens (tertiary/aromatic N) is 3. The van der Waals surface area contributed by atoms with Crippen LogP contribution in [-0.4, -0.2) is 46.0 Å². The Labute approximate surface area is 237 Å². The number of aromatic nitrogens is 1. The number of nitro benzene ring substituents is 1. The maximum atomic E-state index is 13.4. The molecule has 0 aliphatic rings. The van der Waals surface area contributed by atoms with Crippen molar-refractivity contribution in [3.8, 4) is 0 Å². The summed E-state index contributed by atoms with van der Waals surface area (Å²) in [5, 5.41) is 15.7. The molecule has 4 aromatic rings. The summed E-state index contributed by atoms with van der Waals surface area (Å²) < 4.78 is 2.13. The van der Waals surface area contributed by atoms with Crippen LogP contribution in [0, 0.1) is 10.1 Å². The molecule has 0 spiro atoms. The van der Waals surface area contributed by atoms with Crippen LogP contribution in [-0.2, 0) is 11.3 Å². The molecule has 7 nitrogen and oxygen atoms in total. The molecule has 0 aliphatic carbocycles. The quantitative estimate of drug-likeness (QED) is 0.142. The minimum atomic E-state index is -0.359. The average molecular weight is 541 g/mol. The molecule has 3 aromatic carbocycles. The smallest absolute Gasteiger partial charge is 0.270 e. The maximum absolute atomic E-state index is 13.4. The number of rotatable bonds is 14. The van der Waals surface area contributed by atoms with Gasteiger partial charge in [-0.2, -0.15) is 0 Å². The van der Waals surface area contributed by atoms with E-state index in [2.05, 4.69) is 53.9 Å². The Kier molecular flexibility index (Phi) is 10.1. The van der Waals surface area contributed by atoms with Crippen LogP contribution in [0.5, 0.6) is 0 Å². The third-order valence-electron chi connectivity index (χ3n) is 7.68. The molecule has 1 amide bonds. The molecule has 40 heavy (non-hydrogen) atoms. The second-order valence-corrected chi connectivity index (χ2v) is 10.5. The van der Waals surface area contributed by atoms with Gasteiger partial charge in [0, 0.05) is 54.2 Å². The second-order valence-electron chi connectivity index (χ2n) is 10.5. The van der Waals surface area contributed by atoms with Crippen LogP contribution in [0.2, 0.25) is 0 Å². The van der Waals surface area contributed by atoms with E-state index in [0.29, 0.717) is 6.54 Å². The molecule has 210 valence electrons. The lowest BCUT2D eigenvalue weighted by Gasteiger charge is -2.21. The van der Waals surface area contributed by atoms with Crippen molar-refractivity contribution < 1.29 is 9.72 Å². The summed E-state index contributed by atoms with van der Waals surface area (Å²) in [5.74, 6) is -0.260. The Hall–Kier alpha value is -3.97. The lowest BCUT2D eigenvalue weighted by molar-refractivity contribution is -0.384. The molecule has 1 aromatic heterocycles. The molecule has 0 aliphatic heterocycles. The first-order valence-electron chi connectivity index (χ1n) is 14.3. The van der Waals surface area contributed by atoms with Gasteiger partial charge in [0.1, 0.15) is 0 Å². The van der Waals surface area contributed by atoms with Crippen molar-refractivity contribution in [2.24, 2.45) is 0 Å². The number of nitrogens with one attached hydrogen (secondary N) is 1. The fourth-order valence-corrected chi connectivity index (χ4v) is 5.46. The average Bonchev–Trinajstić information content (AvgIpc) is 3.32. The summed E-state index contributed by atoms with van der Waals surface area (Å²) in [7, 11) is 0. The molecule has 0 radical (unpaired) electrons. The largest absolute Gasteiger partial charge is 0.354 e. The van der Waals surface area contributed by atoms with E-state index in [1.807, 2.05) is 54.6 Å². The molecular weight excluding hydrogens is 500 g/mol. The van der Waals surface area contributed by atoms with Crippen LogP contribution in [0.4, 0.5) is 5.69 Å². The maximum Gasteiger partial charge on any atom is 0.270 e. The molecule has 0 saturated carbocycles. The fourth-order valence-electron chi connectivity index (χ4n) is 5.46. The number of hydrogen-bond donors (Lipinski definition) is 1. The molecule has 2 atom stereocenters.